The third-order valence-corrected chi connectivity index (χ3v) is 4.35. The summed E-state index contributed by atoms with van der Waals surface area (Å²) >= 11 is 8.04. The van der Waals surface area contributed by atoms with Crippen LogP contribution < -0.4 is 0 Å². The second-order valence-corrected chi connectivity index (χ2v) is 5.48. The Kier molecular flexibility index (Phi) is 10.0. The molecule has 0 aromatic carbocycles. The van der Waals surface area contributed by atoms with Crippen molar-refractivity contribution in [1.29, 1.82) is 0 Å². The topological polar surface area (TPSA) is 0 Å². The van der Waals surface area contributed by atoms with E-state index < -0.39 is 0 Å². The van der Waals surface area contributed by atoms with Crippen molar-refractivity contribution in [1.82, 2.24) is 0 Å². The first kappa shape index (κ1) is 12.0. The second kappa shape index (κ2) is 9.14. The Bertz CT molecular complexity index is 69.7. The fraction of sp³-hybridized carbons (Fsp3) is 1.00. The third kappa shape index (κ3) is 7.41. The molecule has 1 aliphatic heterocycles. The van der Waals surface area contributed by atoms with E-state index in [1.54, 1.807) is 0 Å². The van der Waals surface area contributed by atoms with Crippen LogP contribution in [0.3, 0.4) is 0 Å². The summed E-state index contributed by atoms with van der Waals surface area (Å²) in [6.07, 6.45) is 1.36. The van der Waals surface area contributed by atoms with Crippen LogP contribution in [0.5, 0.6) is 0 Å². The van der Waals surface area contributed by atoms with Crippen molar-refractivity contribution in [3.63, 3.8) is 0 Å². The molecule has 1 fully saturated rings. The van der Waals surface area contributed by atoms with E-state index in [0.29, 0.717) is 0 Å². The van der Waals surface area contributed by atoms with Gasteiger partial charge in [-0.15, -0.1) is 0 Å². The van der Waals surface area contributed by atoms with Gasteiger partial charge in [0, 0.05) is 22.5 Å². The lowest BCUT2D eigenvalue weighted by atomic mass is 10.4. The predicted octanol–water partition coefficient (Wildman–Crippen LogP) is 3.18. The summed E-state index contributed by atoms with van der Waals surface area (Å²) in [7, 11) is 0. The Morgan fingerprint density at radius 2 is 2.00 bits per heavy atom. The molecule has 0 N–H and O–H groups in total. The Morgan fingerprint density at radius 3 is 2.27 bits per heavy atom. The maximum atomic E-state index is 3.79. The largest absolute Gasteiger partial charge is 0.180 e. The van der Waals surface area contributed by atoms with Gasteiger partial charge in [-0.25, -0.2) is 0 Å². The molecule has 0 radical (unpaired) electrons. The zero-order valence-electron chi connectivity index (χ0n) is 7.38. The van der Waals surface area contributed by atoms with Crippen molar-refractivity contribution in [2.45, 2.75) is 25.5 Å². The lowest BCUT2D eigenvalue weighted by molar-refractivity contribution is 0.912. The normalized spacial score (nSPS) is 23.7. The maximum Gasteiger partial charge on any atom is 0.0135 e. The first-order valence-corrected chi connectivity index (χ1v) is 6.98. The minimum atomic E-state index is 0.944. The van der Waals surface area contributed by atoms with Gasteiger partial charge in [-0.2, -0.15) is 36.2 Å². The quantitative estimate of drug-likeness (QED) is 0.660. The minimum absolute atomic E-state index is 0.944. The highest BCUT2D eigenvalue weighted by Gasteiger charge is 2.10. The molecular weight excluding hydrogens is 192 g/mol. The molecule has 1 saturated heterocycles. The number of hydrogen-bond acceptors (Lipinski definition) is 3. The van der Waals surface area contributed by atoms with Crippen molar-refractivity contribution in [3.8, 4) is 0 Å². The molecule has 0 aromatic rings. The van der Waals surface area contributed by atoms with Gasteiger partial charge in [-0.05, 0) is 12.2 Å². The molecule has 68 valence electrons. The van der Waals surface area contributed by atoms with E-state index in [2.05, 4.69) is 43.1 Å². The fourth-order valence-corrected chi connectivity index (χ4v) is 3.54. The minimum Gasteiger partial charge on any atom is -0.180 e. The fourth-order valence-electron chi connectivity index (χ4n) is 0.772. The molecule has 0 amide bonds. The summed E-state index contributed by atoms with van der Waals surface area (Å²) in [6.45, 7) is 4.27. The summed E-state index contributed by atoms with van der Waals surface area (Å²) in [5, 5.41) is 0.966. The van der Waals surface area contributed by atoms with Crippen molar-refractivity contribution in [2.24, 2.45) is 0 Å². The maximum absolute atomic E-state index is 3.79. The van der Waals surface area contributed by atoms with Crippen LogP contribution in [0.4, 0.5) is 0 Å². The van der Waals surface area contributed by atoms with Gasteiger partial charge in [0.1, 0.15) is 0 Å². The summed E-state index contributed by atoms with van der Waals surface area (Å²) in [6, 6.07) is 0. The Balaban J connectivity index is 0.000000292. The van der Waals surface area contributed by atoms with Gasteiger partial charge in [0.05, 0.1) is 0 Å². The van der Waals surface area contributed by atoms with Crippen LogP contribution in [0.2, 0.25) is 0 Å². The molecule has 11 heavy (non-hydrogen) atoms. The van der Waals surface area contributed by atoms with E-state index in [4.69, 9.17) is 0 Å². The van der Waals surface area contributed by atoms with E-state index in [1.807, 2.05) is 6.92 Å². The van der Waals surface area contributed by atoms with Crippen LogP contribution in [0.1, 0.15) is 20.3 Å². The summed E-state index contributed by atoms with van der Waals surface area (Å²) in [5.74, 6) is 5.09. The van der Waals surface area contributed by atoms with E-state index in [1.165, 1.54) is 23.7 Å². The first-order valence-electron chi connectivity index (χ1n) is 4.15. The van der Waals surface area contributed by atoms with Crippen molar-refractivity contribution in [2.75, 3.05) is 23.0 Å². The SMILES string of the molecule is CCC1CSCCS1.CCS. The molecule has 0 aliphatic carbocycles. The standard InChI is InChI=1S/C6H12S2.C2H6S/c1-2-6-5-7-3-4-8-6;1-2-3/h6H,2-5H2,1H3;3H,2H2,1H3. The van der Waals surface area contributed by atoms with Gasteiger partial charge >= 0.3 is 0 Å². The number of thioether (sulfide) groups is 2. The number of rotatable bonds is 1. The second-order valence-electron chi connectivity index (χ2n) is 2.29. The Labute approximate surface area is 84.7 Å². The smallest absolute Gasteiger partial charge is 0.0135 e. The molecular formula is C8H18S3. The van der Waals surface area contributed by atoms with Crippen LogP contribution in [-0.2, 0) is 0 Å². The summed E-state index contributed by atoms with van der Waals surface area (Å²) < 4.78 is 0. The van der Waals surface area contributed by atoms with Crippen molar-refractivity contribution < 1.29 is 0 Å². The molecule has 0 saturated carbocycles. The third-order valence-electron chi connectivity index (χ3n) is 1.34. The monoisotopic (exact) mass is 210 g/mol. The Hall–Kier alpha value is 1.05. The van der Waals surface area contributed by atoms with Gasteiger partial charge in [-0.1, -0.05) is 13.8 Å². The van der Waals surface area contributed by atoms with Crippen LogP contribution in [0.25, 0.3) is 0 Å². The zero-order chi connectivity index (χ0) is 8.53. The summed E-state index contributed by atoms with van der Waals surface area (Å²) in [5.41, 5.74) is 0. The van der Waals surface area contributed by atoms with Gasteiger partial charge in [0.25, 0.3) is 0 Å². The first-order chi connectivity index (χ1) is 5.35. The number of hydrogen-bond donors (Lipinski definition) is 1. The highest BCUT2D eigenvalue weighted by atomic mass is 32.2. The molecule has 1 rings (SSSR count). The molecule has 0 spiro atoms. The van der Waals surface area contributed by atoms with Crippen LogP contribution in [0, 0.1) is 0 Å². The number of thiol groups is 1. The van der Waals surface area contributed by atoms with Crippen LogP contribution >= 0.6 is 36.2 Å². The molecule has 1 heterocycles. The van der Waals surface area contributed by atoms with Gasteiger partial charge in [0.2, 0.25) is 0 Å². The van der Waals surface area contributed by atoms with Crippen LogP contribution in [-0.4, -0.2) is 28.3 Å². The van der Waals surface area contributed by atoms with E-state index in [0.717, 1.165) is 11.0 Å². The van der Waals surface area contributed by atoms with Crippen molar-refractivity contribution >= 4 is 36.2 Å². The zero-order valence-corrected chi connectivity index (χ0v) is 9.90. The molecule has 1 unspecified atom stereocenters. The molecule has 1 atom stereocenters. The Morgan fingerprint density at radius 1 is 1.36 bits per heavy atom. The molecule has 1 aliphatic rings. The highest BCUT2D eigenvalue weighted by molar-refractivity contribution is 8.06. The molecule has 3 heteroatoms. The average Bonchev–Trinajstić information content (AvgIpc) is 2.08. The summed E-state index contributed by atoms with van der Waals surface area (Å²) in [4.78, 5) is 0. The van der Waals surface area contributed by atoms with E-state index >= 15 is 0 Å². The van der Waals surface area contributed by atoms with Crippen molar-refractivity contribution in [3.05, 3.63) is 0 Å². The lowest BCUT2D eigenvalue weighted by Gasteiger charge is -2.18. The van der Waals surface area contributed by atoms with Gasteiger partial charge in [-0.3, -0.25) is 0 Å². The molecule has 0 nitrogen and oxygen atoms in total. The van der Waals surface area contributed by atoms with E-state index in [9.17, 15) is 0 Å². The van der Waals surface area contributed by atoms with Crippen LogP contribution in [0.15, 0.2) is 0 Å². The predicted molar refractivity (Wildman–Crippen MR) is 63.4 cm³/mol. The average molecular weight is 210 g/mol. The van der Waals surface area contributed by atoms with E-state index in [-0.39, 0.29) is 0 Å². The van der Waals surface area contributed by atoms with Gasteiger partial charge < -0.3 is 0 Å². The molecule has 0 bridgehead atoms. The molecule has 0 aromatic heterocycles. The van der Waals surface area contributed by atoms with Gasteiger partial charge in [0.15, 0.2) is 0 Å². The highest BCUT2D eigenvalue weighted by Crippen LogP contribution is 2.25. The lowest BCUT2D eigenvalue weighted by Crippen LogP contribution is -2.11.